The molecule has 0 saturated carbocycles. The van der Waals surface area contributed by atoms with Crippen molar-refractivity contribution in [1.29, 1.82) is 0 Å². The zero-order valence-corrected chi connectivity index (χ0v) is 18.1. The molecule has 0 spiro atoms. The number of fused-ring (bicyclic) bond motifs is 1. The van der Waals surface area contributed by atoms with E-state index in [1.165, 1.54) is 0 Å². The van der Waals surface area contributed by atoms with Crippen molar-refractivity contribution in [3.8, 4) is 5.75 Å². The Kier molecular flexibility index (Phi) is 7.05. The van der Waals surface area contributed by atoms with E-state index in [2.05, 4.69) is 6.08 Å². The van der Waals surface area contributed by atoms with Gasteiger partial charge in [0, 0.05) is 0 Å². The molecule has 0 bridgehead atoms. The van der Waals surface area contributed by atoms with Gasteiger partial charge >= 0.3 is 12.1 Å². The maximum absolute atomic E-state index is 13.1. The number of benzene rings is 3. The normalized spacial score (nSPS) is 12.7. The first-order valence-electron chi connectivity index (χ1n) is 10.8. The average Bonchev–Trinajstić information content (AvgIpc) is 3.05. The number of nitrogens with zero attached hydrogens (tertiary/aromatic N) is 1. The molecule has 3 aromatic rings. The smallest absolute Gasteiger partial charge is 0.419 e. The third-order valence-corrected chi connectivity index (χ3v) is 5.42. The molecule has 0 radical (unpaired) electrons. The number of ether oxygens (including phenoxy) is 2. The molecule has 6 nitrogen and oxygen atoms in total. The highest BCUT2D eigenvalue weighted by molar-refractivity contribution is 5.96. The first-order valence-corrected chi connectivity index (χ1v) is 10.8. The number of anilines is 2. The minimum absolute atomic E-state index is 0.175. The van der Waals surface area contributed by atoms with E-state index in [0.717, 1.165) is 40.9 Å². The highest BCUT2D eigenvalue weighted by Gasteiger charge is 2.21. The molecule has 0 aliphatic heterocycles. The van der Waals surface area contributed by atoms with Crippen LogP contribution >= 0.6 is 0 Å². The van der Waals surface area contributed by atoms with Gasteiger partial charge in [0.1, 0.15) is 12.4 Å². The van der Waals surface area contributed by atoms with Crippen molar-refractivity contribution in [3.05, 3.63) is 102 Å². The van der Waals surface area contributed by atoms with Crippen LogP contribution in [0.5, 0.6) is 5.75 Å². The molecule has 0 aromatic heterocycles. The molecule has 1 N–H and O–H groups in total. The van der Waals surface area contributed by atoms with Gasteiger partial charge < -0.3 is 14.6 Å². The Labute approximate surface area is 192 Å². The number of carbonyl (C=O) groups excluding carboxylic acids is 1. The summed E-state index contributed by atoms with van der Waals surface area (Å²) in [5.41, 5.74) is 4.52. The SMILES string of the molecule is O=C(O)COc1cccc2c1CCC=C(COC(=O)N(c1ccccc1)c1ccccc1)C2. The van der Waals surface area contributed by atoms with E-state index in [0.29, 0.717) is 12.2 Å². The number of carboxylic acids is 1. The van der Waals surface area contributed by atoms with Crippen LogP contribution in [0.3, 0.4) is 0 Å². The summed E-state index contributed by atoms with van der Waals surface area (Å²) >= 11 is 0. The van der Waals surface area contributed by atoms with Gasteiger partial charge in [-0.3, -0.25) is 0 Å². The van der Waals surface area contributed by atoms with Crippen LogP contribution in [0.15, 0.2) is 90.5 Å². The van der Waals surface area contributed by atoms with E-state index < -0.39 is 12.1 Å². The van der Waals surface area contributed by atoms with Gasteiger partial charge in [-0.1, -0.05) is 54.6 Å². The molecule has 0 heterocycles. The molecule has 0 atom stereocenters. The van der Waals surface area contributed by atoms with Crippen molar-refractivity contribution < 1.29 is 24.2 Å². The van der Waals surface area contributed by atoms with Crippen LogP contribution < -0.4 is 9.64 Å². The van der Waals surface area contributed by atoms with Crippen LogP contribution in [0.25, 0.3) is 0 Å². The van der Waals surface area contributed by atoms with Crippen LogP contribution in [0.2, 0.25) is 0 Å². The van der Waals surface area contributed by atoms with Crippen LogP contribution in [-0.2, 0) is 22.4 Å². The summed E-state index contributed by atoms with van der Waals surface area (Å²) in [6.07, 6.45) is 3.75. The summed E-state index contributed by atoms with van der Waals surface area (Å²) in [6, 6.07) is 24.5. The summed E-state index contributed by atoms with van der Waals surface area (Å²) in [6.45, 7) is -0.197. The van der Waals surface area contributed by atoms with E-state index in [9.17, 15) is 9.59 Å². The monoisotopic (exact) mass is 443 g/mol. The number of amides is 1. The maximum atomic E-state index is 13.1. The summed E-state index contributed by atoms with van der Waals surface area (Å²) in [4.78, 5) is 25.6. The number of carbonyl (C=O) groups is 2. The third-order valence-electron chi connectivity index (χ3n) is 5.42. The number of rotatable bonds is 7. The molecule has 6 heteroatoms. The number of allylic oxidation sites excluding steroid dienone is 1. The molecule has 0 fully saturated rings. The van der Waals surface area contributed by atoms with Gasteiger partial charge in [0.05, 0.1) is 11.4 Å². The Hall–Kier alpha value is -4.06. The minimum Gasteiger partial charge on any atom is -0.482 e. The predicted molar refractivity (Wildman–Crippen MR) is 126 cm³/mol. The van der Waals surface area contributed by atoms with Gasteiger partial charge in [0.25, 0.3) is 0 Å². The minimum atomic E-state index is -1.01. The van der Waals surface area contributed by atoms with Crippen molar-refractivity contribution in [1.82, 2.24) is 0 Å². The second kappa shape index (κ2) is 10.5. The highest BCUT2D eigenvalue weighted by atomic mass is 16.6. The van der Waals surface area contributed by atoms with E-state index >= 15 is 0 Å². The van der Waals surface area contributed by atoms with E-state index in [1.54, 1.807) is 11.0 Å². The Bertz CT molecular complexity index is 1100. The zero-order chi connectivity index (χ0) is 23.0. The average molecular weight is 443 g/mol. The molecule has 0 unspecified atom stereocenters. The molecule has 4 rings (SSSR count). The summed E-state index contributed by atoms with van der Waals surface area (Å²) in [7, 11) is 0. The van der Waals surface area contributed by atoms with Gasteiger partial charge in [-0.25, -0.2) is 14.5 Å². The molecular weight excluding hydrogens is 418 g/mol. The van der Waals surface area contributed by atoms with Gasteiger partial charge in [-0.2, -0.15) is 0 Å². The fraction of sp³-hybridized carbons (Fsp3) is 0.185. The largest absolute Gasteiger partial charge is 0.482 e. The summed E-state index contributed by atoms with van der Waals surface area (Å²) in [5, 5.41) is 8.92. The number of aliphatic carboxylic acids is 1. The zero-order valence-electron chi connectivity index (χ0n) is 18.1. The Morgan fingerprint density at radius 2 is 1.55 bits per heavy atom. The topological polar surface area (TPSA) is 76.1 Å². The molecule has 168 valence electrons. The van der Waals surface area contributed by atoms with Crippen molar-refractivity contribution in [2.45, 2.75) is 19.3 Å². The maximum Gasteiger partial charge on any atom is 0.419 e. The molecule has 1 aliphatic rings. The van der Waals surface area contributed by atoms with Gasteiger partial charge in [0.15, 0.2) is 6.61 Å². The highest BCUT2D eigenvalue weighted by Crippen LogP contribution is 2.30. The second-order valence-electron chi connectivity index (χ2n) is 7.72. The predicted octanol–water partition coefficient (Wildman–Crippen LogP) is 5.54. The third kappa shape index (κ3) is 5.60. The van der Waals surface area contributed by atoms with E-state index in [-0.39, 0.29) is 13.2 Å². The molecule has 3 aromatic carbocycles. The van der Waals surface area contributed by atoms with E-state index in [1.807, 2.05) is 72.8 Å². The van der Waals surface area contributed by atoms with Gasteiger partial charge in [-0.05, 0) is 66.3 Å². The Morgan fingerprint density at radius 3 is 2.18 bits per heavy atom. The van der Waals surface area contributed by atoms with Crippen molar-refractivity contribution in [2.75, 3.05) is 18.1 Å². The van der Waals surface area contributed by atoms with Gasteiger partial charge in [0.2, 0.25) is 0 Å². The van der Waals surface area contributed by atoms with Crippen molar-refractivity contribution in [2.24, 2.45) is 0 Å². The van der Waals surface area contributed by atoms with Gasteiger partial charge in [-0.15, -0.1) is 0 Å². The molecule has 1 aliphatic carbocycles. The molecular formula is C27H25NO5. The van der Waals surface area contributed by atoms with Crippen LogP contribution in [0.1, 0.15) is 17.5 Å². The lowest BCUT2D eigenvalue weighted by Gasteiger charge is -2.22. The Balaban J connectivity index is 1.47. The first kappa shape index (κ1) is 22.1. The second-order valence-corrected chi connectivity index (χ2v) is 7.72. The first-order chi connectivity index (χ1) is 16.1. The molecule has 0 saturated heterocycles. The lowest BCUT2D eigenvalue weighted by atomic mass is 10.00. The quantitative estimate of drug-likeness (QED) is 0.485. The summed E-state index contributed by atoms with van der Waals surface area (Å²) in [5.74, 6) is -0.408. The van der Waals surface area contributed by atoms with Crippen LogP contribution in [-0.4, -0.2) is 30.4 Å². The Morgan fingerprint density at radius 1 is 0.879 bits per heavy atom. The lowest BCUT2D eigenvalue weighted by molar-refractivity contribution is -0.139. The number of hydrogen-bond acceptors (Lipinski definition) is 4. The van der Waals surface area contributed by atoms with Crippen molar-refractivity contribution >= 4 is 23.4 Å². The molecule has 1 amide bonds. The molecule has 33 heavy (non-hydrogen) atoms. The van der Waals surface area contributed by atoms with Crippen LogP contribution in [0, 0.1) is 0 Å². The number of para-hydroxylation sites is 2. The van der Waals surface area contributed by atoms with Crippen LogP contribution in [0.4, 0.5) is 16.2 Å². The number of hydrogen-bond donors (Lipinski definition) is 1. The fourth-order valence-corrected chi connectivity index (χ4v) is 3.92. The summed E-state index contributed by atoms with van der Waals surface area (Å²) < 4.78 is 11.2. The van der Waals surface area contributed by atoms with Crippen molar-refractivity contribution in [3.63, 3.8) is 0 Å². The van der Waals surface area contributed by atoms with E-state index in [4.69, 9.17) is 14.6 Å². The standard InChI is InChI=1S/C27H25NO5/c29-26(30)19-32-25-16-8-10-21-17-20(9-7-15-24(21)25)18-33-27(31)28(22-11-3-1-4-12-22)23-13-5-2-6-14-23/h1-6,8-14,16H,7,15,17-19H2,(H,29,30). The number of carboxylic acid groups (broad SMARTS) is 1. The fourth-order valence-electron chi connectivity index (χ4n) is 3.92. The lowest BCUT2D eigenvalue weighted by Crippen LogP contribution is -2.27.